The number of ether oxygens (including phenoxy) is 1. The second-order valence-electron chi connectivity index (χ2n) is 6.75. The summed E-state index contributed by atoms with van der Waals surface area (Å²) in [6.07, 6.45) is 2.93. The van der Waals surface area contributed by atoms with Crippen LogP contribution in [0.3, 0.4) is 0 Å². The van der Waals surface area contributed by atoms with Crippen molar-refractivity contribution in [2.24, 2.45) is 11.0 Å². The van der Waals surface area contributed by atoms with Crippen LogP contribution < -0.4 is 10.3 Å². The van der Waals surface area contributed by atoms with Gasteiger partial charge >= 0.3 is 0 Å². The molecule has 138 valence electrons. The maximum atomic E-state index is 12.0. The number of amides is 1. The van der Waals surface area contributed by atoms with Crippen LogP contribution in [0, 0.1) is 5.92 Å². The molecule has 26 heavy (non-hydrogen) atoms. The summed E-state index contributed by atoms with van der Waals surface area (Å²) >= 11 is 1.56. The Bertz CT molecular complexity index is 794. The van der Waals surface area contributed by atoms with E-state index in [1.807, 2.05) is 17.5 Å². The molecule has 2 atom stereocenters. The molecule has 1 saturated heterocycles. The summed E-state index contributed by atoms with van der Waals surface area (Å²) in [7, 11) is 0. The predicted octanol–water partition coefficient (Wildman–Crippen LogP) is 2.39. The molecule has 1 aliphatic heterocycles. The van der Waals surface area contributed by atoms with Gasteiger partial charge in [0.2, 0.25) is 5.91 Å². The van der Waals surface area contributed by atoms with E-state index >= 15 is 0 Å². The van der Waals surface area contributed by atoms with Crippen LogP contribution >= 0.6 is 11.3 Å². The molecule has 2 aromatic heterocycles. The van der Waals surface area contributed by atoms with Crippen LogP contribution in [-0.4, -0.2) is 43.4 Å². The van der Waals surface area contributed by atoms with Gasteiger partial charge in [-0.1, -0.05) is 6.92 Å². The highest BCUT2D eigenvalue weighted by atomic mass is 32.1. The molecule has 1 aliphatic carbocycles. The van der Waals surface area contributed by atoms with Gasteiger partial charge in [-0.05, 0) is 24.5 Å². The molecule has 2 fully saturated rings. The summed E-state index contributed by atoms with van der Waals surface area (Å²) in [5, 5.41) is 6.84. The van der Waals surface area contributed by atoms with Crippen LogP contribution in [0.5, 0.6) is 0 Å². The van der Waals surface area contributed by atoms with Gasteiger partial charge in [0.25, 0.3) is 0 Å². The number of aromatic nitrogens is 1. The minimum Gasteiger partial charge on any atom is -0.460 e. The van der Waals surface area contributed by atoms with Crippen molar-refractivity contribution in [1.29, 1.82) is 0 Å². The molecule has 8 heteroatoms. The van der Waals surface area contributed by atoms with Gasteiger partial charge in [0.05, 0.1) is 31.5 Å². The van der Waals surface area contributed by atoms with Crippen molar-refractivity contribution in [3.05, 3.63) is 34.7 Å². The van der Waals surface area contributed by atoms with E-state index < -0.39 is 0 Å². The fourth-order valence-electron chi connectivity index (χ4n) is 3.00. The van der Waals surface area contributed by atoms with Crippen molar-refractivity contribution in [2.75, 3.05) is 31.2 Å². The van der Waals surface area contributed by atoms with Gasteiger partial charge in [-0.3, -0.25) is 4.79 Å². The Morgan fingerprint density at radius 1 is 1.46 bits per heavy atom. The zero-order chi connectivity index (χ0) is 17.9. The van der Waals surface area contributed by atoms with Gasteiger partial charge in [0.15, 0.2) is 5.13 Å². The average molecular weight is 374 g/mol. The highest BCUT2D eigenvalue weighted by molar-refractivity contribution is 7.13. The van der Waals surface area contributed by atoms with Crippen LogP contribution in [0.15, 0.2) is 27.0 Å². The number of rotatable bonds is 6. The molecule has 0 radical (unpaired) electrons. The van der Waals surface area contributed by atoms with Crippen molar-refractivity contribution in [1.82, 2.24) is 10.4 Å². The normalized spacial score (nSPS) is 22.7. The van der Waals surface area contributed by atoms with E-state index in [1.165, 1.54) is 12.6 Å². The Labute approximate surface area is 156 Å². The molecule has 1 amide bonds. The number of hydrazone groups is 1. The van der Waals surface area contributed by atoms with Crippen LogP contribution in [0.1, 0.15) is 36.5 Å². The molecule has 1 saturated carbocycles. The number of carbonyl (C=O) groups is 1. The summed E-state index contributed by atoms with van der Waals surface area (Å²) in [4.78, 5) is 18.7. The second kappa shape index (κ2) is 7.59. The van der Waals surface area contributed by atoms with Crippen LogP contribution in [0.25, 0.3) is 0 Å². The third-order valence-corrected chi connectivity index (χ3v) is 5.62. The maximum Gasteiger partial charge on any atom is 0.246 e. The lowest BCUT2D eigenvalue weighted by Gasteiger charge is -2.26. The molecule has 2 aromatic rings. The Morgan fingerprint density at radius 2 is 2.27 bits per heavy atom. The highest BCUT2D eigenvalue weighted by Crippen LogP contribution is 2.47. The van der Waals surface area contributed by atoms with E-state index in [1.54, 1.807) is 11.3 Å². The van der Waals surface area contributed by atoms with Gasteiger partial charge in [-0.25, -0.2) is 10.4 Å². The third kappa shape index (κ3) is 4.13. The first kappa shape index (κ1) is 17.2. The van der Waals surface area contributed by atoms with E-state index in [-0.39, 0.29) is 12.3 Å². The monoisotopic (exact) mass is 374 g/mol. The first-order valence-electron chi connectivity index (χ1n) is 8.88. The molecular formula is C18H22N4O3S. The second-order valence-corrected chi connectivity index (χ2v) is 7.59. The number of hydrogen-bond acceptors (Lipinski definition) is 7. The van der Waals surface area contributed by atoms with Gasteiger partial charge in [0.1, 0.15) is 11.5 Å². The third-order valence-electron chi connectivity index (χ3n) is 4.67. The average Bonchev–Trinajstić information content (AvgIpc) is 3.03. The lowest BCUT2D eigenvalue weighted by atomic mass is 10.3. The van der Waals surface area contributed by atoms with Gasteiger partial charge in [-0.15, -0.1) is 11.3 Å². The van der Waals surface area contributed by atoms with Gasteiger partial charge in [-0.2, -0.15) is 5.10 Å². The van der Waals surface area contributed by atoms with E-state index in [2.05, 4.69) is 27.3 Å². The first-order chi connectivity index (χ1) is 12.7. The fourth-order valence-corrected chi connectivity index (χ4v) is 3.88. The largest absolute Gasteiger partial charge is 0.460 e. The number of carbonyl (C=O) groups excluding carboxylic acids is 1. The Kier molecular flexibility index (Phi) is 5.03. The highest BCUT2D eigenvalue weighted by Gasteiger charge is 2.36. The minimum atomic E-state index is -0.192. The number of morpholine rings is 1. The van der Waals surface area contributed by atoms with Crippen molar-refractivity contribution >= 4 is 28.6 Å². The zero-order valence-electron chi connectivity index (χ0n) is 14.7. The molecule has 3 heterocycles. The van der Waals surface area contributed by atoms with Gasteiger partial charge in [0, 0.05) is 24.4 Å². The summed E-state index contributed by atoms with van der Waals surface area (Å²) in [5.41, 5.74) is 3.29. The number of thiazole rings is 1. The predicted molar refractivity (Wildman–Crippen MR) is 99.8 cm³/mol. The number of furan rings is 1. The van der Waals surface area contributed by atoms with Crippen molar-refractivity contribution < 1.29 is 13.9 Å². The summed E-state index contributed by atoms with van der Waals surface area (Å²) < 4.78 is 11.1. The lowest BCUT2D eigenvalue weighted by molar-refractivity contribution is -0.120. The number of nitrogens with zero attached hydrogens (tertiary/aromatic N) is 3. The van der Waals surface area contributed by atoms with Crippen LogP contribution in [0.4, 0.5) is 5.13 Å². The van der Waals surface area contributed by atoms with Crippen LogP contribution in [-0.2, 0) is 16.0 Å². The van der Waals surface area contributed by atoms with Crippen LogP contribution in [0.2, 0.25) is 0 Å². The topological polar surface area (TPSA) is 80.0 Å². The fraction of sp³-hybridized carbons (Fsp3) is 0.500. The van der Waals surface area contributed by atoms with Crippen molar-refractivity contribution in [2.45, 2.75) is 25.7 Å². The number of anilines is 1. The molecule has 1 N–H and O–H groups in total. The van der Waals surface area contributed by atoms with E-state index in [9.17, 15) is 4.79 Å². The van der Waals surface area contributed by atoms with Crippen molar-refractivity contribution in [3.8, 4) is 0 Å². The first-order valence-corrected chi connectivity index (χ1v) is 9.76. The zero-order valence-corrected chi connectivity index (χ0v) is 15.5. The van der Waals surface area contributed by atoms with E-state index in [0.29, 0.717) is 17.6 Å². The molecule has 2 aliphatic rings. The van der Waals surface area contributed by atoms with E-state index in [4.69, 9.17) is 9.15 Å². The quantitative estimate of drug-likeness (QED) is 0.620. The SMILES string of the molecule is C[C@@H]1C[C@@H]1c1ccc(/C=N\NC(=O)Cc2csc(N3CCOCC3)n2)o1. The summed E-state index contributed by atoms with van der Waals surface area (Å²) in [6, 6.07) is 3.87. The summed E-state index contributed by atoms with van der Waals surface area (Å²) in [6.45, 7) is 5.34. The maximum absolute atomic E-state index is 12.0. The molecular weight excluding hydrogens is 352 g/mol. The Hall–Kier alpha value is -2.19. The van der Waals surface area contributed by atoms with Gasteiger partial charge < -0.3 is 14.1 Å². The molecule has 0 unspecified atom stereocenters. The minimum absolute atomic E-state index is 0.192. The van der Waals surface area contributed by atoms with Crippen molar-refractivity contribution in [3.63, 3.8) is 0 Å². The Balaban J connectivity index is 1.26. The lowest BCUT2D eigenvalue weighted by Crippen LogP contribution is -2.36. The Morgan fingerprint density at radius 3 is 3.04 bits per heavy atom. The van der Waals surface area contributed by atoms with E-state index in [0.717, 1.165) is 42.9 Å². The standard InChI is InChI=1S/C18H22N4O3S/c1-12-8-15(12)16-3-2-14(25-16)10-19-21-17(23)9-13-11-26-18(20-13)22-4-6-24-7-5-22/h2-3,10-12,15H,4-9H2,1H3,(H,21,23)/b19-10-/t12-,15+/m1/s1. The molecule has 7 nitrogen and oxygen atoms in total. The molecule has 0 aromatic carbocycles. The molecule has 4 rings (SSSR count). The molecule has 0 bridgehead atoms. The number of hydrogen-bond donors (Lipinski definition) is 1. The smallest absolute Gasteiger partial charge is 0.246 e. The summed E-state index contributed by atoms with van der Waals surface area (Å²) in [5.74, 6) is 2.71. The molecule has 0 spiro atoms. The number of nitrogens with one attached hydrogen (secondary N) is 1.